The van der Waals surface area contributed by atoms with Gasteiger partial charge in [-0.3, -0.25) is 0 Å². The predicted octanol–water partition coefficient (Wildman–Crippen LogP) is 3.58. The second-order valence-electron chi connectivity index (χ2n) is 3.78. The lowest BCUT2D eigenvalue weighted by Gasteiger charge is -2.02. The van der Waals surface area contributed by atoms with Crippen molar-refractivity contribution in [3.63, 3.8) is 0 Å². The van der Waals surface area contributed by atoms with Crippen molar-refractivity contribution < 1.29 is 4.42 Å². The minimum absolute atomic E-state index is 0.532. The average Bonchev–Trinajstić information content (AvgIpc) is 2.81. The Kier molecular flexibility index (Phi) is 2.64. The van der Waals surface area contributed by atoms with Gasteiger partial charge >= 0.3 is 0 Å². The molecule has 2 heterocycles. The smallest absolute Gasteiger partial charge is 0.231 e. The third kappa shape index (κ3) is 1.80. The minimum atomic E-state index is 0.532. The second-order valence-corrected chi connectivity index (χ2v) is 4.22. The van der Waals surface area contributed by atoms with Gasteiger partial charge in [0, 0.05) is 18.3 Å². The minimum Gasteiger partial charge on any atom is -0.436 e. The molecule has 0 amide bonds. The van der Waals surface area contributed by atoms with Crippen molar-refractivity contribution in [2.45, 2.75) is 0 Å². The first-order valence-corrected chi connectivity index (χ1v) is 5.85. The largest absolute Gasteiger partial charge is 0.436 e. The summed E-state index contributed by atoms with van der Waals surface area (Å²) < 4.78 is 5.70. The Hall–Kier alpha value is -2.07. The number of hydrogen-bond donors (Lipinski definition) is 1. The summed E-state index contributed by atoms with van der Waals surface area (Å²) in [5, 5.41) is 3.65. The molecule has 0 bridgehead atoms. The van der Waals surface area contributed by atoms with Gasteiger partial charge in [-0.15, -0.1) is 0 Å². The molecule has 3 rings (SSSR count). The molecular formula is C13H10ClN3O. The summed E-state index contributed by atoms with van der Waals surface area (Å²) in [4.78, 5) is 8.65. The van der Waals surface area contributed by atoms with Crippen LogP contribution in [0.2, 0.25) is 5.02 Å². The van der Waals surface area contributed by atoms with Crippen LogP contribution < -0.4 is 5.32 Å². The molecule has 1 aromatic carbocycles. The quantitative estimate of drug-likeness (QED) is 0.764. The first kappa shape index (κ1) is 11.0. The third-order valence-electron chi connectivity index (χ3n) is 2.62. The van der Waals surface area contributed by atoms with Crippen molar-refractivity contribution in [1.29, 1.82) is 0 Å². The zero-order valence-electron chi connectivity index (χ0n) is 9.64. The zero-order chi connectivity index (χ0) is 12.5. The summed E-state index contributed by atoms with van der Waals surface area (Å²) in [6.07, 6.45) is 1.72. The van der Waals surface area contributed by atoms with Crippen molar-refractivity contribution >= 4 is 28.5 Å². The highest BCUT2D eigenvalue weighted by molar-refractivity contribution is 6.31. The maximum absolute atomic E-state index is 5.93. The van der Waals surface area contributed by atoms with E-state index in [2.05, 4.69) is 15.3 Å². The summed E-state index contributed by atoms with van der Waals surface area (Å²) in [6.45, 7) is 0. The fourth-order valence-electron chi connectivity index (χ4n) is 1.79. The van der Waals surface area contributed by atoms with Gasteiger partial charge in [0.15, 0.2) is 5.58 Å². The Morgan fingerprint density at radius 3 is 3.00 bits per heavy atom. The molecular weight excluding hydrogens is 250 g/mol. The predicted molar refractivity (Wildman–Crippen MR) is 71.8 cm³/mol. The molecule has 2 aromatic heterocycles. The number of fused-ring (bicyclic) bond motifs is 1. The summed E-state index contributed by atoms with van der Waals surface area (Å²) in [5.74, 6) is 1.26. The third-order valence-corrected chi connectivity index (χ3v) is 2.86. The van der Waals surface area contributed by atoms with E-state index in [9.17, 15) is 0 Å². The lowest BCUT2D eigenvalue weighted by molar-refractivity contribution is 0.620. The summed E-state index contributed by atoms with van der Waals surface area (Å²) in [5.41, 5.74) is 2.27. The molecule has 0 spiro atoms. The molecule has 0 aliphatic heterocycles. The summed E-state index contributed by atoms with van der Waals surface area (Å²) in [6, 6.07) is 9.12. The fraction of sp³-hybridized carbons (Fsp3) is 0.0769. The van der Waals surface area contributed by atoms with Gasteiger partial charge in [-0.1, -0.05) is 11.6 Å². The van der Waals surface area contributed by atoms with E-state index in [1.807, 2.05) is 25.2 Å². The van der Waals surface area contributed by atoms with Crippen LogP contribution in [0.15, 0.2) is 40.9 Å². The maximum atomic E-state index is 5.93. The van der Waals surface area contributed by atoms with Crippen LogP contribution in [-0.4, -0.2) is 17.0 Å². The monoisotopic (exact) mass is 259 g/mol. The summed E-state index contributed by atoms with van der Waals surface area (Å²) >= 11 is 5.93. The van der Waals surface area contributed by atoms with E-state index in [0.717, 1.165) is 16.9 Å². The Morgan fingerprint density at radius 2 is 2.17 bits per heavy atom. The Morgan fingerprint density at radius 1 is 1.28 bits per heavy atom. The molecule has 0 radical (unpaired) electrons. The van der Waals surface area contributed by atoms with Crippen molar-refractivity contribution in [3.05, 3.63) is 41.6 Å². The Labute approximate surface area is 109 Å². The number of hydrogen-bond acceptors (Lipinski definition) is 4. The molecule has 0 aliphatic rings. The van der Waals surface area contributed by atoms with Crippen molar-refractivity contribution in [1.82, 2.24) is 9.97 Å². The Balaban J connectivity index is 2.19. The number of anilines is 1. The highest BCUT2D eigenvalue weighted by Crippen LogP contribution is 2.29. The van der Waals surface area contributed by atoms with Gasteiger partial charge < -0.3 is 9.73 Å². The van der Waals surface area contributed by atoms with Gasteiger partial charge in [0.05, 0.1) is 5.56 Å². The van der Waals surface area contributed by atoms with Crippen molar-refractivity contribution in [2.24, 2.45) is 0 Å². The first-order valence-electron chi connectivity index (χ1n) is 5.47. The number of benzene rings is 1. The molecule has 1 N–H and O–H groups in total. The van der Waals surface area contributed by atoms with Crippen LogP contribution in [0.1, 0.15) is 0 Å². The molecule has 4 nitrogen and oxygen atoms in total. The van der Waals surface area contributed by atoms with Crippen LogP contribution in [0.3, 0.4) is 0 Å². The van der Waals surface area contributed by atoms with Crippen LogP contribution in [0.4, 0.5) is 5.82 Å². The van der Waals surface area contributed by atoms with Crippen molar-refractivity contribution in [3.8, 4) is 11.5 Å². The number of nitrogens with one attached hydrogen (secondary N) is 1. The fourth-order valence-corrected chi connectivity index (χ4v) is 1.96. The van der Waals surface area contributed by atoms with E-state index in [1.165, 1.54) is 0 Å². The maximum Gasteiger partial charge on any atom is 0.231 e. The van der Waals surface area contributed by atoms with E-state index in [0.29, 0.717) is 16.5 Å². The summed E-state index contributed by atoms with van der Waals surface area (Å²) in [7, 11) is 1.81. The molecule has 90 valence electrons. The molecule has 0 fully saturated rings. The molecule has 0 atom stereocenters. The molecule has 0 saturated heterocycles. The van der Waals surface area contributed by atoms with Gasteiger partial charge in [-0.05, 0) is 30.3 Å². The van der Waals surface area contributed by atoms with E-state index < -0.39 is 0 Å². The lowest BCUT2D eigenvalue weighted by Crippen LogP contribution is -1.94. The molecule has 3 aromatic rings. The van der Waals surface area contributed by atoms with Crippen LogP contribution >= 0.6 is 11.6 Å². The molecule has 0 aliphatic carbocycles. The number of aromatic nitrogens is 2. The van der Waals surface area contributed by atoms with Crippen LogP contribution in [0.25, 0.3) is 22.6 Å². The molecule has 0 saturated carbocycles. The number of nitrogens with zero attached hydrogens (tertiary/aromatic N) is 2. The van der Waals surface area contributed by atoms with Crippen LogP contribution in [0.5, 0.6) is 0 Å². The second kappa shape index (κ2) is 4.31. The van der Waals surface area contributed by atoms with Gasteiger partial charge in [0.25, 0.3) is 0 Å². The number of halogens is 1. The van der Waals surface area contributed by atoms with E-state index in [-0.39, 0.29) is 0 Å². The zero-order valence-corrected chi connectivity index (χ0v) is 10.4. The lowest BCUT2D eigenvalue weighted by atomic mass is 10.2. The topological polar surface area (TPSA) is 51.0 Å². The SMILES string of the molecule is CNc1ncccc1-c1nc2cc(Cl)ccc2o1. The van der Waals surface area contributed by atoms with Gasteiger partial charge in [0.1, 0.15) is 11.3 Å². The Bertz CT molecular complexity index is 708. The van der Waals surface area contributed by atoms with E-state index >= 15 is 0 Å². The van der Waals surface area contributed by atoms with Gasteiger partial charge in [-0.2, -0.15) is 0 Å². The highest BCUT2D eigenvalue weighted by Gasteiger charge is 2.12. The number of oxazole rings is 1. The van der Waals surface area contributed by atoms with E-state index in [4.69, 9.17) is 16.0 Å². The first-order chi connectivity index (χ1) is 8.78. The van der Waals surface area contributed by atoms with E-state index in [1.54, 1.807) is 18.3 Å². The van der Waals surface area contributed by atoms with Gasteiger partial charge in [0.2, 0.25) is 5.89 Å². The van der Waals surface area contributed by atoms with Crippen LogP contribution in [0, 0.1) is 0 Å². The number of pyridine rings is 1. The highest BCUT2D eigenvalue weighted by atomic mass is 35.5. The molecule has 0 unspecified atom stereocenters. The standard InChI is InChI=1S/C13H10ClN3O/c1-15-12-9(3-2-6-16-12)13-17-10-7-8(14)4-5-11(10)18-13/h2-7H,1H3,(H,15,16). The average molecular weight is 260 g/mol. The normalized spacial score (nSPS) is 10.8. The van der Waals surface area contributed by atoms with Crippen LogP contribution in [-0.2, 0) is 0 Å². The van der Waals surface area contributed by atoms with Gasteiger partial charge in [-0.25, -0.2) is 9.97 Å². The van der Waals surface area contributed by atoms with Crippen molar-refractivity contribution in [2.75, 3.05) is 12.4 Å². The molecule has 5 heteroatoms. The number of rotatable bonds is 2. The molecule has 18 heavy (non-hydrogen) atoms.